The molecule has 2 rings (SSSR count). The first-order valence-corrected chi connectivity index (χ1v) is 7.40. The molecule has 2 aliphatic heterocycles. The van der Waals surface area contributed by atoms with Gasteiger partial charge in [0.25, 0.3) is 5.91 Å². The van der Waals surface area contributed by atoms with Gasteiger partial charge in [0.1, 0.15) is 30.5 Å². The van der Waals surface area contributed by atoms with Crippen LogP contribution in [-0.2, 0) is 23.8 Å². The number of carbonyl (C=O) groups is 2. The fourth-order valence-electron chi connectivity index (χ4n) is 2.69. The predicted molar refractivity (Wildman–Crippen MR) is 75.4 cm³/mol. The van der Waals surface area contributed by atoms with Gasteiger partial charge in [0, 0.05) is 13.1 Å². The summed E-state index contributed by atoms with van der Waals surface area (Å²) in [6, 6.07) is 0. The fraction of sp³-hybridized carbons (Fsp3) is 0.846. The number of nitrogens with one attached hydrogen (secondary N) is 1. The summed E-state index contributed by atoms with van der Waals surface area (Å²) in [5, 5.41) is 41.4. The van der Waals surface area contributed by atoms with E-state index in [9.17, 15) is 30.0 Å². The summed E-state index contributed by atoms with van der Waals surface area (Å²) in [4.78, 5) is 23.5. The quantitative estimate of drug-likeness (QED) is 0.263. The molecule has 7 N–H and O–H groups in total. The molecular formula is C13H22N2O9. The molecular weight excluding hydrogens is 328 g/mol. The molecule has 0 radical (unpaired) electrons. The third-order valence-electron chi connectivity index (χ3n) is 4.13. The summed E-state index contributed by atoms with van der Waals surface area (Å²) in [5.41, 5.74) is 5.36. The molecule has 2 fully saturated rings. The molecule has 24 heavy (non-hydrogen) atoms. The molecule has 0 aromatic carbocycles. The Kier molecular flexibility index (Phi) is 6.09. The second-order valence-electron chi connectivity index (χ2n) is 5.66. The van der Waals surface area contributed by atoms with Crippen molar-refractivity contribution in [3.05, 3.63) is 0 Å². The molecule has 0 spiro atoms. The van der Waals surface area contributed by atoms with E-state index in [-0.39, 0.29) is 13.1 Å². The van der Waals surface area contributed by atoms with E-state index in [1.165, 1.54) is 0 Å². The minimum atomic E-state index is -1.49. The van der Waals surface area contributed by atoms with E-state index in [4.69, 9.17) is 15.2 Å². The minimum absolute atomic E-state index is 0.0700. The number of esters is 1. The third-order valence-corrected chi connectivity index (χ3v) is 4.13. The molecule has 8 atom stereocenters. The Hall–Kier alpha value is -1.34. The first kappa shape index (κ1) is 19.0. The second kappa shape index (κ2) is 7.70. The lowest BCUT2D eigenvalue weighted by Gasteiger charge is -2.18. The standard InChI is InChI=1S/C13H22N2O9/c1-22-13(21)11-9(19)7(17)5(24-11)3-15-12(20)10-8(18)6(16)4(2-14)23-10/h4-11,16-19H,2-3,14H2,1H3,(H,15,20)/t4-,5-,6-,7-,8+,9+,10+,11+/m1/s1. The van der Waals surface area contributed by atoms with E-state index >= 15 is 0 Å². The fourth-order valence-corrected chi connectivity index (χ4v) is 2.69. The van der Waals surface area contributed by atoms with E-state index in [2.05, 4.69) is 10.1 Å². The molecule has 2 aliphatic rings. The van der Waals surface area contributed by atoms with Crippen LogP contribution in [0.5, 0.6) is 0 Å². The van der Waals surface area contributed by atoms with Crippen LogP contribution in [0.1, 0.15) is 0 Å². The van der Waals surface area contributed by atoms with Crippen molar-refractivity contribution in [2.45, 2.75) is 48.8 Å². The Morgan fingerprint density at radius 3 is 2.08 bits per heavy atom. The second-order valence-corrected chi connectivity index (χ2v) is 5.66. The van der Waals surface area contributed by atoms with Crippen molar-refractivity contribution in [3.8, 4) is 0 Å². The van der Waals surface area contributed by atoms with Crippen LogP contribution in [0.2, 0.25) is 0 Å². The predicted octanol–water partition coefficient (Wildman–Crippen LogP) is -4.79. The van der Waals surface area contributed by atoms with Gasteiger partial charge in [-0.15, -0.1) is 0 Å². The maximum Gasteiger partial charge on any atom is 0.337 e. The SMILES string of the molecule is COC(=O)[C@H]1O[C@H](CNC(=O)[C@H]2O[C@H](CN)[C@@H](O)[C@@H]2O)[C@@H](O)[C@@H]1O. The van der Waals surface area contributed by atoms with Crippen molar-refractivity contribution in [2.24, 2.45) is 5.73 Å². The number of aliphatic hydroxyl groups is 4. The van der Waals surface area contributed by atoms with Crippen molar-refractivity contribution in [2.75, 3.05) is 20.2 Å². The molecule has 0 saturated carbocycles. The number of aliphatic hydroxyl groups excluding tert-OH is 4. The molecule has 1 amide bonds. The number of ether oxygens (including phenoxy) is 3. The topological polar surface area (TPSA) is 181 Å². The molecule has 11 heteroatoms. The summed E-state index contributed by atoms with van der Waals surface area (Å²) in [6.07, 6.45) is -10.2. The molecule has 0 bridgehead atoms. The van der Waals surface area contributed by atoms with Crippen LogP contribution in [-0.4, -0.2) is 101 Å². The Morgan fingerprint density at radius 1 is 1.00 bits per heavy atom. The smallest absolute Gasteiger partial charge is 0.337 e. The molecule has 0 aliphatic carbocycles. The first-order valence-electron chi connectivity index (χ1n) is 7.40. The number of hydrogen-bond acceptors (Lipinski definition) is 10. The number of hydrogen-bond donors (Lipinski definition) is 6. The highest BCUT2D eigenvalue weighted by Gasteiger charge is 2.48. The van der Waals surface area contributed by atoms with Crippen molar-refractivity contribution in [3.63, 3.8) is 0 Å². The van der Waals surface area contributed by atoms with Crippen LogP contribution < -0.4 is 11.1 Å². The molecule has 0 aromatic heterocycles. The summed E-state index contributed by atoms with van der Waals surface area (Å²) in [5.74, 6) is -1.59. The average molecular weight is 350 g/mol. The molecule has 0 unspecified atom stereocenters. The van der Waals surface area contributed by atoms with Gasteiger partial charge in [0.2, 0.25) is 0 Å². The number of nitrogens with two attached hydrogens (primary N) is 1. The van der Waals surface area contributed by atoms with E-state index in [1.807, 2.05) is 0 Å². The lowest BCUT2D eigenvalue weighted by molar-refractivity contribution is -0.157. The maximum atomic E-state index is 12.0. The van der Waals surface area contributed by atoms with Crippen molar-refractivity contribution < 1.29 is 44.2 Å². The lowest BCUT2D eigenvalue weighted by atomic mass is 10.1. The van der Waals surface area contributed by atoms with Gasteiger partial charge in [-0.25, -0.2) is 4.79 Å². The van der Waals surface area contributed by atoms with Gasteiger partial charge < -0.3 is 45.7 Å². The molecule has 138 valence electrons. The van der Waals surface area contributed by atoms with Crippen LogP contribution in [0.4, 0.5) is 0 Å². The Labute approximate surface area is 137 Å². The van der Waals surface area contributed by atoms with Crippen molar-refractivity contribution in [1.29, 1.82) is 0 Å². The number of rotatable bonds is 5. The van der Waals surface area contributed by atoms with Crippen LogP contribution in [0.3, 0.4) is 0 Å². The normalized spacial score (nSPS) is 42.1. The molecule has 11 nitrogen and oxygen atoms in total. The van der Waals surface area contributed by atoms with Gasteiger partial charge in [-0.1, -0.05) is 0 Å². The van der Waals surface area contributed by atoms with E-state index in [0.717, 1.165) is 7.11 Å². The molecule has 2 saturated heterocycles. The van der Waals surface area contributed by atoms with Crippen molar-refractivity contribution in [1.82, 2.24) is 5.32 Å². The highest BCUT2D eigenvalue weighted by molar-refractivity contribution is 5.82. The monoisotopic (exact) mass is 350 g/mol. The number of carbonyl (C=O) groups excluding carboxylic acids is 2. The van der Waals surface area contributed by atoms with Gasteiger partial charge >= 0.3 is 5.97 Å². The highest BCUT2D eigenvalue weighted by atomic mass is 16.6. The zero-order valence-corrected chi connectivity index (χ0v) is 12.9. The first-order chi connectivity index (χ1) is 11.3. The van der Waals surface area contributed by atoms with E-state index in [1.54, 1.807) is 0 Å². The van der Waals surface area contributed by atoms with Gasteiger partial charge in [-0.05, 0) is 0 Å². The Bertz CT molecular complexity index is 476. The zero-order chi connectivity index (χ0) is 18.0. The number of methoxy groups -OCH3 is 1. The Balaban J connectivity index is 1.89. The van der Waals surface area contributed by atoms with Crippen molar-refractivity contribution >= 4 is 11.9 Å². The van der Waals surface area contributed by atoms with E-state index in [0.29, 0.717) is 0 Å². The third kappa shape index (κ3) is 3.52. The largest absolute Gasteiger partial charge is 0.467 e. The van der Waals surface area contributed by atoms with Crippen LogP contribution in [0.25, 0.3) is 0 Å². The lowest BCUT2D eigenvalue weighted by Crippen LogP contribution is -2.47. The highest BCUT2D eigenvalue weighted by Crippen LogP contribution is 2.23. The van der Waals surface area contributed by atoms with Gasteiger partial charge in [-0.2, -0.15) is 0 Å². The molecule has 0 aromatic rings. The summed E-state index contributed by atoms with van der Waals surface area (Å²) >= 11 is 0. The maximum absolute atomic E-state index is 12.0. The summed E-state index contributed by atoms with van der Waals surface area (Å²) in [6.45, 7) is -0.319. The molecule has 2 heterocycles. The van der Waals surface area contributed by atoms with Gasteiger partial charge in [0.05, 0.1) is 13.2 Å². The van der Waals surface area contributed by atoms with Crippen LogP contribution in [0.15, 0.2) is 0 Å². The zero-order valence-electron chi connectivity index (χ0n) is 12.9. The minimum Gasteiger partial charge on any atom is -0.467 e. The number of amides is 1. The van der Waals surface area contributed by atoms with Crippen LogP contribution in [0, 0.1) is 0 Å². The van der Waals surface area contributed by atoms with Gasteiger partial charge in [-0.3, -0.25) is 4.79 Å². The summed E-state index contributed by atoms with van der Waals surface area (Å²) < 4.78 is 14.8. The summed E-state index contributed by atoms with van der Waals surface area (Å²) in [7, 11) is 1.11. The Morgan fingerprint density at radius 2 is 1.54 bits per heavy atom. The van der Waals surface area contributed by atoms with Crippen LogP contribution >= 0.6 is 0 Å². The van der Waals surface area contributed by atoms with E-state index < -0.39 is 60.7 Å². The van der Waals surface area contributed by atoms with Gasteiger partial charge in [0.15, 0.2) is 12.2 Å². The average Bonchev–Trinajstić information content (AvgIpc) is 3.03.